The van der Waals surface area contributed by atoms with Crippen LogP contribution in [0.5, 0.6) is 5.88 Å². The average molecular weight is 598 g/mol. The van der Waals surface area contributed by atoms with Gasteiger partial charge in [-0.25, -0.2) is 14.8 Å². The van der Waals surface area contributed by atoms with E-state index in [1.165, 1.54) is 0 Å². The molecule has 2 aromatic heterocycles. The van der Waals surface area contributed by atoms with Crippen LogP contribution in [0.2, 0.25) is 0 Å². The number of fused-ring (bicyclic) bond motifs is 1. The van der Waals surface area contributed by atoms with Crippen LogP contribution in [0.1, 0.15) is 71.4 Å². The molecule has 4 fully saturated rings. The Morgan fingerprint density at radius 1 is 1.14 bits per heavy atom. The molecule has 7 rings (SSSR count). The van der Waals surface area contributed by atoms with Gasteiger partial charge in [-0.15, -0.1) is 0 Å². The topological polar surface area (TPSA) is 126 Å². The van der Waals surface area contributed by atoms with E-state index in [-0.39, 0.29) is 17.4 Å². The standard InChI is InChI=1S/C33H39N7O4/c1-31(2,3)44-30(42)39-13-11-38(12-14-39)26-8-5-21(15-22(26)18-34)24-16-25-28(40(20-36-25)23-6-7-23)29(37-24)43-33(9-10-33)32(4)17-27(41)35-19-32/h5,8,15-16,20,23H,6-7,9-14,17,19H2,1-4H3,(H,35,41). The van der Waals surface area contributed by atoms with Crippen LogP contribution >= 0.6 is 0 Å². The van der Waals surface area contributed by atoms with Gasteiger partial charge in [-0.1, -0.05) is 13.0 Å². The van der Waals surface area contributed by atoms with Gasteiger partial charge >= 0.3 is 6.09 Å². The van der Waals surface area contributed by atoms with Gasteiger partial charge in [-0.05, 0) is 64.7 Å². The van der Waals surface area contributed by atoms with Gasteiger partial charge < -0.3 is 29.2 Å². The quantitative estimate of drug-likeness (QED) is 0.430. The molecule has 4 aliphatic rings. The fourth-order valence-corrected chi connectivity index (χ4v) is 6.61. The van der Waals surface area contributed by atoms with E-state index in [9.17, 15) is 14.9 Å². The molecule has 230 valence electrons. The van der Waals surface area contributed by atoms with E-state index in [4.69, 9.17) is 19.4 Å². The molecule has 2 aliphatic heterocycles. The highest BCUT2D eigenvalue weighted by atomic mass is 16.6. The average Bonchev–Trinajstić information content (AvgIpc) is 3.91. The fraction of sp³-hybridized carbons (Fsp3) is 0.545. The van der Waals surface area contributed by atoms with Crippen molar-refractivity contribution >= 4 is 28.7 Å². The number of anilines is 1. The zero-order chi connectivity index (χ0) is 30.9. The number of benzene rings is 1. The maximum atomic E-state index is 12.5. The molecule has 44 heavy (non-hydrogen) atoms. The summed E-state index contributed by atoms with van der Waals surface area (Å²) in [5, 5.41) is 13.2. The largest absolute Gasteiger partial charge is 0.469 e. The number of nitrogens with one attached hydrogen (secondary N) is 1. The van der Waals surface area contributed by atoms with Crippen LogP contribution in [-0.4, -0.2) is 75.4 Å². The molecular formula is C33H39N7O4. The van der Waals surface area contributed by atoms with Gasteiger partial charge in [0.05, 0.1) is 28.8 Å². The van der Waals surface area contributed by atoms with Gasteiger partial charge in [0.15, 0.2) is 0 Å². The molecule has 0 spiro atoms. The number of imidazole rings is 1. The molecule has 11 nitrogen and oxygen atoms in total. The number of carbonyl (C=O) groups excluding carboxylic acids is 2. The van der Waals surface area contributed by atoms with Crippen molar-refractivity contribution in [1.82, 2.24) is 24.8 Å². The number of nitriles is 1. The molecule has 1 N–H and O–H groups in total. The first kappa shape index (κ1) is 28.4. The normalized spacial score (nSPS) is 22.9. The minimum Gasteiger partial charge on any atom is -0.469 e. The fourth-order valence-electron chi connectivity index (χ4n) is 6.61. The molecular weight excluding hydrogens is 558 g/mol. The van der Waals surface area contributed by atoms with Crippen molar-refractivity contribution in [2.45, 2.75) is 77.0 Å². The van der Waals surface area contributed by atoms with E-state index in [1.807, 2.05) is 51.4 Å². The minimum atomic E-state index is -0.542. The van der Waals surface area contributed by atoms with E-state index in [0.29, 0.717) is 62.3 Å². The summed E-state index contributed by atoms with van der Waals surface area (Å²) < 4.78 is 14.6. The van der Waals surface area contributed by atoms with Crippen molar-refractivity contribution in [3.8, 4) is 23.2 Å². The lowest BCUT2D eigenvalue weighted by atomic mass is 9.81. The Kier molecular flexibility index (Phi) is 6.54. The zero-order valence-electron chi connectivity index (χ0n) is 25.9. The number of pyridine rings is 1. The van der Waals surface area contributed by atoms with E-state index >= 15 is 0 Å². The summed E-state index contributed by atoms with van der Waals surface area (Å²) in [6.07, 6.45) is 5.96. The lowest BCUT2D eigenvalue weighted by Gasteiger charge is -2.37. The summed E-state index contributed by atoms with van der Waals surface area (Å²) >= 11 is 0. The number of rotatable bonds is 6. The maximum absolute atomic E-state index is 12.5. The van der Waals surface area contributed by atoms with Crippen LogP contribution in [-0.2, 0) is 9.53 Å². The number of carbonyl (C=O) groups is 2. The van der Waals surface area contributed by atoms with Crippen molar-refractivity contribution < 1.29 is 19.1 Å². The lowest BCUT2D eigenvalue weighted by molar-refractivity contribution is -0.120. The molecule has 2 saturated heterocycles. The van der Waals surface area contributed by atoms with Gasteiger partial charge in [-0.2, -0.15) is 5.26 Å². The number of piperazine rings is 1. The Bertz CT molecular complexity index is 1690. The predicted molar refractivity (Wildman–Crippen MR) is 164 cm³/mol. The second-order valence-corrected chi connectivity index (χ2v) is 14.0. The van der Waals surface area contributed by atoms with Gasteiger partial charge in [0.2, 0.25) is 11.8 Å². The third-order valence-corrected chi connectivity index (χ3v) is 9.47. The molecule has 1 atom stereocenters. The third kappa shape index (κ3) is 5.10. The van der Waals surface area contributed by atoms with Crippen LogP contribution in [0.3, 0.4) is 0 Å². The number of ether oxygens (including phenoxy) is 2. The van der Waals surface area contributed by atoms with E-state index in [2.05, 4.69) is 27.8 Å². The van der Waals surface area contributed by atoms with Crippen molar-refractivity contribution in [1.29, 1.82) is 5.26 Å². The molecule has 2 saturated carbocycles. The maximum Gasteiger partial charge on any atom is 0.410 e. The molecule has 2 aliphatic carbocycles. The molecule has 2 amide bonds. The Balaban J connectivity index is 1.18. The molecule has 11 heteroatoms. The van der Waals surface area contributed by atoms with Gasteiger partial charge in [-0.3, -0.25) is 4.79 Å². The van der Waals surface area contributed by atoms with Gasteiger partial charge in [0.1, 0.15) is 22.8 Å². The highest BCUT2D eigenvalue weighted by Crippen LogP contribution is 2.56. The van der Waals surface area contributed by atoms with E-state index in [1.54, 1.807) is 4.90 Å². The number of aromatic nitrogens is 3. The Labute approximate surface area is 257 Å². The highest BCUT2D eigenvalue weighted by molar-refractivity contribution is 5.86. The summed E-state index contributed by atoms with van der Waals surface area (Å²) in [7, 11) is 0. The smallest absolute Gasteiger partial charge is 0.410 e. The lowest BCUT2D eigenvalue weighted by Crippen LogP contribution is -2.50. The van der Waals surface area contributed by atoms with E-state index < -0.39 is 11.2 Å². The predicted octanol–water partition coefficient (Wildman–Crippen LogP) is 4.80. The van der Waals surface area contributed by atoms with Crippen molar-refractivity contribution in [3.63, 3.8) is 0 Å². The van der Waals surface area contributed by atoms with Crippen LogP contribution in [0.15, 0.2) is 30.6 Å². The first-order valence-electron chi connectivity index (χ1n) is 15.6. The molecule has 4 heterocycles. The zero-order valence-corrected chi connectivity index (χ0v) is 25.9. The van der Waals surface area contributed by atoms with Crippen molar-refractivity contribution in [2.24, 2.45) is 5.41 Å². The Hall–Kier alpha value is -4.33. The van der Waals surface area contributed by atoms with Crippen molar-refractivity contribution in [3.05, 3.63) is 36.2 Å². The Morgan fingerprint density at radius 3 is 2.50 bits per heavy atom. The van der Waals surface area contributed by atoms with Gasteiger partial charge in [0, 0.05) is 56.2 Å². The monoisotopic (exact) mass is 597 g/mol. The van der Waals surface area contributed by atoms with Gasteiger partial charge in [0.25, 0.3) is 0 Å². The SMILES string of the molecule is CC(C)(C)OC(=O)N1CCN(c2ccc(-c3cc4ncn(C5CC5)c4c(OC4(C5(C)CNC(=O)C5)CC4)n3)cc2C#N)CC1. The molecule has 1 aromatic carbocycles. The van der Waals surface area contributed by atoms with Crippen LogP contribution in [0.25, 0.3) is 22.3 Å². The first-order valence-corrected chi connectivity index (χ1v) is 15.6. The third-order valence-electron chi connectivity index (χ3n) is 9.47. The summed E-state index contributed by atoms with van der Waals surface area (Å²) in [6, 6.07) is 10.6. The molecule has 0 radical (unpaired) electrons. The summed E-state index contributed by atoms with van der Waals surface area (Å²) in [4.78, 5) is 38.4. The second-order valence-electron chi connectivity index (χ2n) is 14.0. The first-order chi connectivity index (χ1) is 21.0. The van der Waals surface area contributed by atoms with E-state index in [0.717, 1.165) is 48.0 Å². The van der Waals surface area contributed by atoms with Crippen LogP contribution in [0.4, 0.5) is 10.5 Å². The molecule has 3 aromatic rings. The van der Waals surface area contributed by atoms with Crippen LogP contribution < -0.4 is 15.0 Å². The molecule has 0 bridgehead atoms. The Morgan fingerprint density at radius 2 is 1.89 bits per heavy atom. The van der Waals surface area contributed by atoms with Crippen LogP contribution in [0, 0.1) is 16.7 Å². The highest BCUT2D eigenvalue weighted by Gasteiger charge is 2.62. The number of hydrogen-bond acceptors (Lipinski definition) is 8. The number of nitrogens with zero attached hydrogens (tertiary/aromatic N) is 6. The summed E-state index contributed by atoms with van der Waals surface area (Å²) in [5.41, 5.74) is 3.27. The van der Waals surface area contributed by atoms with Crippen molar-refractivity contribution in [2.75, 3.05) is 37.6 Å². The number of hydrogen-bond donors (Lipinski definition) is 1. The summed E-state index contributed by atoms with van der Waals surface area (Å²) in [6.45, 7) is 10.6. The number of amides is 2. The minimum absolute atomic E-state index is 0.0626. The summed E-state index contributed by atoms with van der Waals surface area (Å²) in [5.74, 6) is 0.605. The molecule has 1 unspecified atom stereocenters. The second kappa shape index (κ2) is 10.1.